The zero-order valence-corrected chi connectivity index (χ0v) is 15.6. The number of hydrogen-bond donors (Lipinski definition) is 2. The van der Waals surface area contributed by atoms with Crippen LogP contribution in [0.5, 0.6) is 5.75 Å². The summed E-state index contributed by atoms with van der Waals surface area (Å²) in [4.78, 5) is 24.2. The van der Waals surface area contributed by atoms with Crippen LogP contribution >= 0.6 is 0 Å². The molecule has 1 heterocycles. The minimum atomic E-state index is -1.26. The van der Waals surface area contributed by atoms with Gasteiger partial charge in [0.15, 0.2) is 0 Å². The summed E-state index contributed by atoms with van der Waals surface area (Å²) in [6.45, 7) is 6.27. The molecule has 0 aliphatic rings. The molecule has 3 aromatic rings. The van der Waals surface area contributed by atoms with Crippen molar-refractivity contribution in [3.05, 3.63) is 59.4 Å². The number of fused-ring (bicyclic) bond motifs is 1. The largest absolute Gasteiger partial charge is 0.497 e. The number of rotatable bonds is 4. The van der Waals surface area contributed by atoms with Crippen molar-refractivity contribution in [3.8, 4) is 5.75 Å². The zero-order chi connectivity index (χ0) is 19.8. The van der Waals surface area contributed by atoms with E-state index in [4.69, 9.17) is 9.15 Å². The van der Waals surface area contributed by atoms with Crippen LogP contribution < -0.4 is 10.1 Å². The number of furan rings is 1. The monoisotopic (exact) mass is 367 g/mol. The second-order valence-corrected chi connectivity index (χ2v) is 7.25. The molecule has 0 aliphatic heterocycles. The number of hydrogen-bond acceptors (Lipinski definition) is 4. The van der Waals surface area contributed by atoms with Crippen LogP contribution in [0.2, 0.25) is 0 Å². The third-order valence-corrected chi connectivity index (χ3v) is 4.34. The molecular weight excluding hydrogens is 346 g/mol. The average molecular weight is 367 g/mol. The van der Waals surface area contributed by atoms with E-state index in [1.807, 2.05) is 12.1 Å². The molecule has 2 aromatic carbocycles. The Morgan fingerprint density at radius 1 is 1.07 bits per heavy atom. The van der Waals surface area contributed by atoms with Gasteiger partial charge in [0.05, 0.1) is 7.11 Å². The van der Waals surface area contributed by atoms with E-state index >= 15 is 0 Å². The lowest BCUT2D eigenvalue weighted by atomic mass is 9.87. The van der Waals surface area contributed by atoms with Gasteiger partial charge in [0.1, 0.15) is 17.0 Å². The second-order valence-electron chi connectivity index (χ2n) is 7.25. The molecule has 140 valence electrons. The SMILES string of the molecule is COc1ccc2oc(C(=O)O)c(NC(=O)c3ccc(C(C)(C)C)cc3)c2c1. The Bertz CT molecular complexity index is 1010. The molecule has 0 spiro atoms. The molecule has 2 N–H and O–H groups in total. The highest BCUT2D eigenvalue weighted by atomic mass is 16.5. The van der Waals surface area contributed by atoms with E-state index in [9.17, 15) is 14.7 Å². The Kier molecular flexibility index (Phi) is 4.66. The third kappa shape index (κ3) is 3.65. The van der Waals surface area contributed by atoms with Gasteiger partial charge in [-0.15, -0.1) is 0 Å². The first-order valence-corrected chi connectivity index (χ1v) is 8.46. The third-order valence-electron chi connectivity index (χ3n) is 4.34. The van der Waals surface area contributed by atoms with Gasteiger partial charge in [0.25, 0.3) is 5.91 Å². The van der Waals surface area contributed by atoms with E-state index in [0.717, 1.165) is 5.56 Å². The molecular formula is C21H21NO5. The molecule has 0 aliphatic carbocycles. The molecule has 0 atom stereocenters. The molecule has 3 rings (SSSR count). The maximum Gasteiger partial charge on any atom is 0.374 e. The van der Waals surface area contributed by atoms with E-state index in [0.29, 0.717) is 22.3 Å². The smallest absolute Gasteiger partial charge is 0.374 e. The maximum atomic E-state index is 12.7. The van der Waals surface area contributed by atoms with E-state index < -0.39 is 11.9 Å². The van der Waals surface area contributed by atoms with Gasteiger partial charge in [-0.05, 0) is 41.3 Å². The Hall–Kier alpha value is -3.28. The van der Waals surface area contributed by atoms with Gasteiger partial charge in [-0.3, -0.25) is 4.79 Å². The number of carbonyl (C=O) groups is 2. The standard InChI is InChI=1S/C21H21NO5/c1-21(2,3)13-7-5-12(6-8-13)19(23)22-17-15-11-14(26-4)9-10-16(15)27-18(17)20(24)25/h5-11H,1-4H3,(H,22,23)(H,24,25). The van der Waals surface area contributed by atoms with E-state index in [1.165, 1.54) is 7.11 Å². The highest BCUT2D eigenvalue weighted by Crippen LogP contribution is 2.34. The van der Waals surface area contributed by atoms with Crippen molar-refractivity contribution in [1.29, 1.82) is 0 Å². The van der Waals surface area contributed by atoms with Crippen molar-refractivity contribution in [2.24, 2.45) is 0 Å². The first kappa shape index (κ1) is 18.5. The molecule has 0 radical (unpaired) electrons. The van der Waals surface area contributed by atoms with Gasteiger partial charge in [-0.25, -0.2) is 4.79 Å². The predicted octanol–water partition coefficient (Wildman–Crippen LogP) is 4.69. The van der Waals surface area contributed by atoms with Gasteiger partial charge < -0.3 is 19.6 Å². The van der Waals surface area contributed by atoms with Crippen LogP contribution in [0.4, 0.5) is 5.69 Å². The summed E-state index contributed by atoms with van der Waals surface area (Å²) in [5.41, 5.74) is 1.97. The fourth-order valence-corrected chi connectivity index (χ4v) is 2.79. The van der Waals surface area contributed by atoms with Crippen molar-refractivity contribution in [2.75, 3.05) is 12.4 Å². The number of carbonyl (C=O) groups excluding carboxylic acids is 1. The molecule has 0 fully saturated rings. The summed E-state index contributed by atoms with van der Waals surface area (Å²) in [5.74, 6) is -1.46. The van der Waals surface area contributed by atoms with Gasteiger partial charge in [-0.1, -0.05) is 32.9 Å². The van der Waals surface area contributed by atoms with Crippen molar-refractivity contribution in [1.82, 2.24) is 0 Å². The molecule has 27 heavy (non-hydrogen) atoms. The molecule has 0 unspecified atom stereocenters. The summed E-state index contributed by atoms with van der Waals surface area (Å²) < 4.78 is 10.6. The molecule has 0 saturated heterocycles. The number of anilines is 1. The molecule has 0 saturated carbocycles. The van der Waals surface area contributed by atoms with Crippen LogP contribution in [0.25, 0.3) is 11.0 Å². The minimum absolute atomic E-state index is 0.0250. The second kappa shape index (κ2) is 6.79. The summed E-state index contributed by atoms with van der Waals surface area (Å²) in [6, 6.07) is 12.1. The van der Waals surface area contributed by atoms with Gasteiger partial charge in [-0.2, -0.15) is 0 Å². The number of nitrogens with one attached hydrogen (secondary N) is 1. The zero-order valence-electron chi connectivity index (χ0n) is 15.6. The number of aromatic carboxylic acids is 1. The highest BCUT2D eigenvalue weighted by molar-refractivity contribution is 6.13. The Morgan fingerprint density at radius 2 is 1.74 bits per heavy atom. The molecule has 6 heteroatoms. The number of benzene rings is 2. The summed E-state index contributed by atoms with van der Waals surface area (Å²) >= 11 is 0. The fourth-order valence-electron chi connectivity index (χ4n) is 2.79. The molecule has 0 bridgehead atoms. The van der Waals surface area contributed by atoms with Gasteiger partial charge >= 0.3 is 5.97 Å². The molecule has 6 nitrogen and oxygen atoms in total. The van der Waals surface area contributed by atoms with Crippen LogP contribution in [0.15, 0.2) is 46.9 Å². The van der Waals surface area contributed by atoms with Gasteiger partial charge in [0, 0.05) is 10.9 Å². The summed E-state index contributed by atoms with van der Waals surface area (Å²) in [7, 11) is 1.51. The van der Waals surface area contributed by atoms with Crippen LogP contribution in [-0.2, 0) is 5.41 Å². The minimum Gasteiger partial charge on any atom is -0.497 e. The fraction of sp³-hybridized carbons (Fsp3) is 0.238. The van der Waals surface area contributed by atoms with Crippen molar-refractivity contribution < 1.29 is 23.8 Å². The van der Waals surface area contributed by atoms with Crippen LogP contribution in [0.1, 0.15) is 47.2 Å². The Labute approximate surface area is 156 Å². The predicted molar refractivity (Wildman–Crippen MR) is 103 cm³/mol. The quantitative estimate of drug-likeness (QED) is 0.698. The van der Waals surface area contributed by atoms with Crippen molar-refractivity contribution >= 4 is 28.5 Å². The lowest BCUT2D eigenvalue weighted by molar-refractivity contribution is 0.0666. The van der Waals surface area contributed by atoms with Crippen LogP contribution in [0, 0.1) is 0 Å². The maximum absolute atomic E-state index is 12.7. The summed E-state index contributed by atoms with van der Waals surface area (Å²) in [6.07, 6.45) is 0. The highest BCUT2D eigenvalue weighted by Gasteiger charge is 2.23. The first-order valence-electron chi connectivity index (χ1n) is 8.46. The lowest BCUT2D eigenvalue weighted by Gasteiger charge is -2.19. The molecule has 1 amide bonds. The van der Waals surface area contributed by atoms with Crippen LogP contribution in [0.3, 0.4) is 0 Å². The number of carboxylic acid groups (broad SMARTS) is 1. The number of carboxylic acids is 1. The Morgan fingerprint density at radius 3 is 2.30 bits per heavy atom. The topological polar surface area (TPSA) is 88.8 Å². The average Bonchev–Trinajstić information content (AvgIpc) is 2.99. The van der Waals surface area contributed by atoms with Crippen molar-refractivity contribution in [3.63, 3.8) is 0 Å². The van der Waals surface area contributed by atoms with E-state index in [2.05, 4.69) is 26.1 Å². The Balaban J connectivity index is 1.98. The normalized spacial score (nSPS) is 11.4. The van der Waals surface area contributed by atoms with Crippen molar-refractivity contribution in [2.45, 2.75) is 26.2 Å². The van der Waals surface area contributed by atoms with Gasteiger partial charge in [0.2, 0.25) is 5.76 Å². The van der Waals surface area contributed by atoms with E-state index in [1.54, 1.807) is 30.3 Å². The number of ether oxygens (including phenoxy) is 1. The summed E-state index contributed by atoms with van der Waals surface area (Å²) in [5, 5.41) is 12.6. The van der Waals surface area contributed by atoms with Crippen LogP contribution in [-0.4, -0.2) is 24.1 Å². The lowest BCUT2D eigenvalue weighted by Crippen LogP contribution is -2.15. The van der Waals surface area contributed by atoms with E-state index in [-0.39, 0.29) is 16.9 Å². The first-order chi connectivity index (χ1) is 12.7. The molecule has 1 aromatic heterocycles. The number of methoxy groups -OCH3 is 1. The number of amides is 1.